The van der Waals surface area contributed by atoms with E-state index >= 15 is 0 Å². The van der Waals surface area contributed by atoms with Crippen molar-refractivity contribution < 1.29 is 4.79 Å². The van der Waals surface area contributed by atoms with Crippen molar-refractivity contribution in [1.82, 2.24) is 0 Å². The first-order valence-corrected chi connectivity index (χ1v) is 5.71. The summed E-state index contributed by atoms with van der Waals surface area (Å²) in [7, 11) is 0. The van der Waals surface area contributed by atoms with E-state index in [2.05, 4.69) is 10.3 Å². The number of nitrogens with one attached hydrogen (secondary N) is 1. The second-order valence-corrected chi connectivity index (χ2v) is 3.90. The first-order valence-electron chi connectivity index (χ1n) is 5.71. The summed E-state index contributed by atoms with van der Waals surface area (Å²) in [6.07, 6.45) is 1.81. The summed E-state index contributed by atoms with van der Waals surface area (Å²) in [4.78, 5) is 15.2. The highest BCUT2D eigenvalue weighted by Gasteiger charge is 1.94. The molecule has 2 rings (SSSR count). The van der Waals surface area contributed by atoms with Crippen LogP contribution in [0.25, 0.3) is 0 Å². The normalized spacial score (nSPS) is 10.5. The summed E-state index contributed by atoms with van der Waals surface area (Å²) in [6, 6.07) is 17.3. The van der Waals surface area contributed by atoms with Crippen molar-refractivity contribution in [3.8, 4) is 0 Å². The van der Waals surface area contributed by atoms with Gasteiger partial charge in [-0.3, -0.25) is 9.79 Å². The summed E-state index contributed by atoms with van der Waals surface area (Å²) in [6.45, 7) is 1.49. The summed E-state index contributed by atoms with van der Waals surface area (Å²) < 4.78 is 0. The number of carbonyl (C=O) groups excluding carboxylic acids is 1. The van der Waals surface area contributed by atoms with Crippen LogP contribution in [0.15, 0.2) is 59.6 Å². The molecule has 3 nitrogen and oxygen atoms in total. The van der Waals surface area contributed by atoms with Crippen molar-refractivity contribution in [2.24, 2.45) is 4.99 Å². The van der Waals surface area contributed by atoms with Crippen LogP contribution in [0.4, 0.5) is 11.4 Å². The van der Waals surface area contributed by atoms with E-state index in [0.717, 1.165) is 16.9 Å². The highest BCUT2D eigenvalue weighted by atomic mass is 16.1. The fourth-order valence-corrected chi connectivity index (χ4v) is 1.52. The maximum atomic E-state index is 10.9. The lowest BCUT2D eigenvalue weighted by atomic mass is 10.2. The third kappa shape index (κ3) is 3.56. The summed E-state index contributed by atoms with van der Waals surface area (Å²) in [5.74, 6) is -0.0736. The molecule has 0 unspecified atom stereocenters. The van der Waals surface area contributed by atoms with Crippen LogP contribution in [-0.4, -0.2) is 12.1 Å². The molecule has 0 radical (unpaired) electrons. The van der Waals surface area contributed by atoms with E-state index in [-0.39, 0.29) is 5.91 Å². The zero-order chi connectivity index (χ0) is 12.8. The van der Waals surface area contributed by atoms with Crippen LogP contribution in [0.5, 0.6) is 0 Å². The molecule has 0 aliphatic heterocycles. The Labute approximate surface area is 106 Å². The fraction of sp³-hybridized carbons (Fsp3) is 0.0667. The van der Waals surface area contributed by atoms with Crippen molar-refractivity contribution in [3.05, 3.63) is 60.2 Å². The molecule has 2 aromatic carbocycles. The molecular weight excluding hydrogens is 224 g/mol. The van der Waals surface area contributed by atoms with Crippen molar-refractivity contribution in [2.75, 3.05) is 5.32 Å². The van der Waals surface area contributed by atoms with Gasteiger partial charge in [0.25, 0.3) is 0 Å². The minimum atomic E-state index is -0.0736. The Bertz CT molecular complexity index is 544. The minimum absolute atomic E-state index is 0.0736. The smallest absolute Gasteiger partial charge is 0.221 e. The van der Waals surface area contributed by atoms with Gasteiger partial charge in [-0.1, -0.05) is 30.3 Å². The van der Waals surface area contributed by atoms with Crippen LogP contribution in [0.1, 0.15) is 12.5 Å². The molecule has 0 aliphatic carbocycles. The van der Waals surface area contributed by atoms with Crippen molar-refractivity contribution in [1.29, 1.82) is 0 Å². The second kappa shape index (κ2) is 5.77. The number of aliphatic imine (C=N–C) groups is 1. The van der Waals surface area contributed by atoms with Crippen molar-refractivity contribution in [2.45, 2.75) is 6.92 Å². The summed E-state index contributed by atoms with van der Waals surface area (Å²) in [5, 5.41) is 2.71. The predicted octanol–water partition coefficient (Wildman–Crippen LogP) is 3.40. The Morgan fingerprint density at radius 2 is 1.72 bits per heavy atom. The predicted molar refractivity (Wildman–Crippen MR) is 74.4 cm³/mol. The maximum absolute atomic E-state index is 10.9. The van der Waals surface area contributed by atoms with Crippen molar-refractivity contribution >= 4 is 23.5 Å². The van der Waals surface area contributed by atoms with E-state index in [4.69, 9.17) is 0 Å². The quantitative estimate of drug-likeness (QED) is 0.818. The topological polar surface area (TPSA) is 41.5 Å². The van der Waals surface area contributed by atoms with Crippen molar-refractivity contribution in [3.63, 3.8) is 0 Å². The Balaban J connectivity index is 2.06. The number of hydrogen-bond donors (Lipinski definition) is 1. The zero-order valence-electron chi connectivity index (χ0n) is 10.1. The molecule has 0 heterocycles. The average molecular weight is 238 g/mol. The third-order valence-corrected chi connectivity index (χ3v) is 2.35. The van der Waals surface area contributed by atoms with Gasteiger partial charge in [0, 0.05) is 18.8 Å². The highest BCUT2D eigenvalue weighted by Crippen LogP contribution is 2.16. The van der Waals surface area contributed by atoms with Gasteiger partial charge in [0.2, 0.25) is 5.91 Å². The third-order valence-electron chi connectivity index (χ3n) is 2.35. The Kier molecular flexibility index (Phi) is 3.86. The van der Waals surface area contributed by atoms with Gasteiger partial charge in [0.1, 0.15) is 0 Å². The summed E-state index contributed by atoms with van der Waals surface area (Å²) >= 11 is 0. The summed E-state index contributed by atoms with van der Waals surface area (Å²) in [5.41, 5.74) is 2.69. The van der Waals surface area contributed by atoms with Gasteiger partial charge in [-0.2, -0.15) is 0 Å². The van der Waals surface area contributed by atoms with Gasteiger partial charge < -0.3 is 5.32 Å². The van der Waals surface area contributed by atoms with Crippen LogP contribution in [0, 0.1) is 0 Å². The molecule has 90 valence electrons. The fourth-order valence-electron chi connectivity index (χ4n) is 1.52. The number of nitrogens with zero attached hydrogens (tertiary/aromatic N) is 1. The molecular formula is C15H14N2O. The maximum Gasteiger partial charge on any atom is 0.221 e. The Morgan fingerprint density at radius 1 is 1.06 bits per heavy atom. The lowest BCUT2D eigenvalue weighted by molar-refractivity contribution is -0.114. The molecule has 0 aliphatic rings. The molecule has 3 heteroatoms. The van der Waals surface area contributed by atoms with Crippen LogP contribution < -0.4 is 5.32 Å². The SMILES string of the molecule is CC(=O)Nc1ccc(N=Cc2ccccc2)cc1. The van der Waals surface area contributed by atoms with E-state index in [9.17, 15) is 4.79 Å². The van der Waals surface area contributed by atoms with Gasteiger partial charge in [0.15, 0.2) is 0 Å². The first-order chi connectivity index (χ1) is 8.74. The molecule has 0 aromatic heterocycles. The molecule has 1 amide bonds. The van der Waals surface area contributed by atoms with E-state index in [1.807, 2.05) is 60.8 Å². The first kappa shape index (κ1) is 12.0. The van der Waals surface area contributed by atoms with E-state index in [1.165, 1.54) is 6.92 Å². The van der Waals surface area contributed by atoms with E-state index < -0.39 is 0 Å². The van der Waals surface area contributed by atoms with Gasteiger partial charge in [-0.25, -0.2) is 0 Å². The van der Waals surface area contributed by atoms with Gasteiger partial charge in [0.05, 0.1) is 5.69 Å². The number of benzene rings is 2. The molecule has 0 fully saturated rings. The monoisotopic (exact) mass is 238 g/mol. The zero-order valence-corrected chi connectivity index (χ0v) is 10.1. The lowest BCUT2D eigenvalue weighted by Crippen LogP contribution is -2.04. The number of hydrogen-bond acceptors (Lipinski definition) is 2. The number of amides is 1. The van der Waals surface area contributed by atoms with Crippen LogP contribution in [0.3, 0.4) is 0 Å². The van der Waals surface area contributed by atoms with Crippen LogP contribution in [-0.2, 0) is 4.79 Å². The van der Waals surface area contributed by atoms with Gasteiger partial charge in [-0.05, 0) is 29.8 Å². The lowest BCUT2D eigenvalue weighted by Gasteiger charge is -2.01. The number of rotatable bonds is 3. The van der Waals surface area contributed by atoms with E-state index in [0.29, 0.717) is 0 Å². The standard InChI is InChI=1S/C15H14N2O/c1-12(18)17-15-9-7-14(8-10-15)16-11-13-5-3-2-4-6-13/h2-11H,1H3,(H,17,18). The van der Waals surface area contributed by atoms with Gasteiger partial charge >= 0.3 is 0 Å². The molecule has 0 saturated heterocycles. The van der Waals surface area contributed by atoms with Gasteiger partial charge in [-0.15, -0.1) is 0 Å². The molecule has 0 bridgehead atoms. The highest BCUT2D eigenvalue weighted by molar-refractivity contribution is 5.89. The number of carbonyl (C=O) groups is 1. The molecule has 18 heavy (non-hydrogen) atoms. The second-order valence-electron chi connectivity index (χ2n) is 3.90. The Morgan fingerprint density at radius 3 is 2.33 bits per heavy atom. The van der Waals surface area contributed by atoms with Crippen LogP contribution in [0.2, 0.25) is 0 Å². The molecule has 1 N–H and O–H groups in total. The minimum Gasteiger partial charge on any atom is -0.326 e. The van der Waals surface area contributed by atoms with E-state index in [1.54, 1.807) is 0 Å². The molecule has 2 aromatic rings. The molecule has 0 spiro atoms. The number of anilines is 1. The Hall–Kier alpha value is -2.42. The average Bonchev–Trinajstić information content (AvgIpc) is 2.38. The molecule has 0 saturated carbocycles. The largest absolute Gasteiger partial charge is 0.326 e. The molecule has 0 atom stereocenters. The van der Waals surface area contributed by atoms with Crippen LogP contribution >= 0.6 is 0 Å².